The third-order valence-corrected chi connectivity index (χ3v) is 8.37. The Hall–Kier alpha value is -4.10. The number of nitrogens with one attached hydrogen (secondary N) is 3. The first kappa shape index (κ1) is 27.1. The monoisotopic (exact) mass is 562 g/mol. The highest BCUT2D eigenvalue weighted by molar-refractivity contribution is 6.25. The molecule has 216 valence electrons. The lowest BCUT2D eigenvalue weighted by Crippen LogP contribution is -2.54. The Morgan fingerprint density at radius 1 is 1.00 bits per heavy atom. The summed E-state index contributed by atoms with van der Waals surface area (Å²) in [5.74, 6) is -1.93. The van der Waals surface area contributed by atoms with Gasteiger partial charge in [0, 0.05) is 69.7 Å². The van der Waals surface area contributed by atoms with Gasteiger partial charge in [-0.1, -0.05) is 6.07 Å². The van der Waals surface area contributed by atoms with Crippen LogP contribution in [0, 0.1) is 0 Å². The van der Waals surface area contributed by atoms with E-state index in [1.165, 1.54) is 0 Å². The Bertz CT molecular complexity index is 1380. The third kappa shape index (κ3) is 5.46. The Morgan fingerprint density at radius 2 is 1.78 bits per heavy atom. The minimum Gasteiger partial charge on any atom is -0.380 e. The molecule has 2 aromatic rings. The zero-order valence-corrected chi connectivity index (χ0v) is 22.8. The van der Waals surface area contributed by atoms with Gasteiger partial charge >= 0.3 is 0 Å². The number of carbonyl (C=O) groups is 5. The quantitative estimate of drug-likeness (QED) is 0.396. The molecule has 41 heavy (non-hydrogen) atoms. The number of piperazine rings is 1. The van der Waals surface area contributed by atoms with Crippen LogP contribution in [0.25, 0.3) is 0 Å². The molecule has 4 aliphatic heterocycles. The average molecular weight is 563 g/mol. The number of anilines is 1. The van der Waals surface area contributed by atoms with Crippen molar-refractivity contribution in [1.29, 1.82) is 0 Å². The Morgan fingerprint density at radius 3 is 2.54 bits per heavy atom. The zero-order valence-electron chi connectivity index (χ0n) is 22.8. The molecular formula is C28H34N8O5. The average Bonchev–Trinajstić information content (AvgIpc) is 3.56. The van der Waals surface area contributed by atoms with Crippen LogP contribution in [0.4, 0.5) is 5.69 Å². The smallest absolute Gasteiger partial charge is 0.264 e. The van der Waals surface area contributed by atoms with Crippen LogP contribution in [0.15, 0.2) is 30.6 Å². The predicted molar refractivity (Wildman–Crippen MR) is 147 cm³/mol. The summed E-state index contributed by atoms with van der Waals surface area (Å²) in [5, 5.41) is 13.3. The second-order valence-corrected chi connectivity index (χ2v) is 11.0. The second-order valence-electron chi connectivity index (χ2n) is 11.0. The van der Waals surface area contributed by atoms with E-state index in [2.05, 4.69) is 25.9 Å². The number of hydrogen-bond donors (Lipinski definition) is 3. The number of piperidine rings is 2. The van der Waals surface area contributed by atoms with E-state index in [-0.39, 0.29) is 35.9 Å². The lowest BCUT2D eigenvalue weighted by molar-refractivity contribution is -0.136. The molecule has 0 radical (unpaired) electrons. The number of fused-ring (bicyclic) bond motifs is 1. The molecule has 13 heteroatoms. The van der Waals surface area contributed by atoms with Crippen molar-refractivity contribution in [1.82, 2.24) is 35.1 Å². The highest BCUT2D eigenvalue weighted by Crippen LogP contribution is 2.32. The van der Waals surface area contributed by atoms with Gasteiger partial charge in [-0.05, 0) is 31.4 Å². The molecule has 0 saturated carbocycles. The summed E-state index contributed by atoms with van der Waals surface area (Å²) in [5.41, 5.74) is 1.88. The van der Waals surface area contributed by atoms with Crippen molar-refractivity contribution in [2.75, 3.05) is 51.1 Å². The van der Waals surface area contributed by atoms with E-state index >= 15 is 0 Å². The molecule has 4 aliphatic rings. The summed E-state index contributed by atoms with van der Waals surface area (Å²) in [6.45, 7) is 5.94. The molecule has 6 rings (SSSR count). The SMILES string of the molecule is O=C1CCC(N2C(=O)c3cccc(NCc4cnn(C5CCN(C(=O)CN6CCNCC6)CC5)c4)c3C2=O)C(=O)N1. The number of aromatic nitrogens is 2. The summed E-state index contributed by atoms with van der Waals surface area (Å²) in [4.78, 5) is 68.2. The number of carbonyl (C=O) groups excluding carboxylic acids is 5. The van der Waals surface area contributed by atoms with Gasteiger partial charge in [-0.15, -0.1) is 0 Å². The molecule has 0 aliphatic carbocycles. The number of nitrogens with zero attached hydrogens (tertiary/aromatic N) is 5. The van der Waals surface area contributed by atoms with Gasteiger partial charge in [0.05, 0.1) is 29.9 Å². The van der Waals surface area contributed by atoms with Crippen LogP contribution >= 0.6 is 0 Å². The summed E-state index contributed by atoms with van der Waals surface area (Å²) in [6.07, 6.45) is 5.61. The van der Waals surface area contributed by atoms with Gasteiger partial charge < -0.3 is 15.5 Å². The van der Waals surface area contributed by atoms with Crippen molar-refractivity contribution in [2.24, 2.45) is 0 Å². The van der Waals surface area contributed by atoms with Crippen LogP contribution in [-0.2, 0) is 20.9 Å². The molecule has 0 bridgehead atoms. The van der Waals surface area contributed by atoms with Gasteiger partial charge in [0.2, 0.25) is 17.7 Å². The minimum atomic E-state index is -1.00. The highest BCUT2D eigenvalue weighted by atomic mass is 16.2. The summed E-state index contributed by atoms with van der Waals surface area (Å²) >= 11 is 0. The fourth-order valence-corrected chi connectivity index (χ4v) is 6.07. The third-order valence-electron chi connectivity index (χ3n) is 8.37. The standard InChI is InChI=1S/C28H34N8O5/c37-23-5-4-22(26(39)32-23)36-27(40)20-2-1-3-21(25(20)28(36)41)30-14-18-15-31-35(16-18)19-6-10-34(11-7-19)24(38)17-33-12-8-29-9-13-33/h1-3,15-16,19,22,29-30H,4-14,17H2,(H,32,37,39). The first-order chi connectivity index (χ1) is 19.9. The van der Waals surface area contributed by atoms with Crippen LogP contribution < -0.4 is 16.0 Å². The van der Waals surface area contributed by atoms with Gasteiger partial charge in [-0.25, -0.2) is 0 Å². The number of amides is 5. The molecule has 1 atom stereocenters. The fraction of sp³-hybridized carbons (Fsp3) is 0.500. The Kier molecular flexibility index (Phi) is 7.54. The van der Waals surface area contributed by atoms with Gasteiger partial charge in [0.1, 0.15) is 6.04 Å². The second kappa shape index (κ2) is 11.4. The van der Waals surface area contributed by atoms with Crippen LogP contribution in [0.5, 0.6) is 0 Å². The molecule has 5 amide bonds. The number of benzene rings is 1. The maximum atomic E-state index is 13.3. The topological polar surface area (TPSA) is 149 Å². The van der Waals surface area contributed by atoms with E-state index < -0.39 is 29.7 Å². The van der Waals surface area contributed by atoms with E-state index in [9.17, 15) is 24.0 Å². The number of hydrogen-bond acceptors (Lipinski definition) is 9. The summed E-state index contributed by atoms with van der Waals surface area (Å²) in [7, 11) is 0. The van der Waals surface area contributed by atoms with Crippen molar-refractivity contribution < 1.29 is 24.0 Å². The number of rotatable bonds is 7. The van der Waals surface area contributed by atoms with Crippen molar-refractivity contribution in [3.05, 3.63) is 47.3 Å². The molecule has 5 heterocycles. The van der Waals surface area contributed by atoms with Gasteiger partial charge in [0.25, 0.3) is 11.8 Å². The highest BCUT2D eigenvalue weighted by Gasteiger charge is 2.45. The largest absolute Gasteiger partial charge is 0.380 e. The van der Waals surface area contributed by atoms with Crippen molar-refractivity contribution in [2.45, 2.75) is 44.3 Å². The first-order valence-electron chi connectivity index (χ1n) is 14.2. The maximum absolute atomic E-state index is 13.3. The molecule has 0 spiro atoms. The molecule has 3 saturated heterocycles. The fourth-order valence-electron chi connectivity index (χ4n) is 6.07. The number of likely N-dealkylation sites (tertiary alicyclic amines) is 1. The van der Waals surface area contributed by atoms with Gasteiger partial charge in [-0.2, -0.15) is 5.10 Å². The zero-order chi connectivity index (χ0) is 28.5. The normalized spacial score (nSPS) is 22.2. The van der Waals surface area contributed by atoms with E-state index in [0.29, 0.717) is 31.9 Å². The molecule has 1 unspecified atom stereocenters. The first-order valence-corrected chi connectivity index (χ1v) is 14.2. The summed E-state index contributed by atoms with van der Waals surface area (Å²) < 4.78 is 1.95. The molecule has 3 fully saturated rings. The van der Waals surface area contributed by atoms with Crippen LogP contribution in [0.1, 0.15) is 58.0 Å². The Balaban J connectivity index is 1.05. The Labute approximate surface area is 237 Å². The van der Waals surface area contributed by atoms with Crippen molar-refractivity contribution in [3.8, 4) is 0 Å². The van der Waals surface area contributed by atoms with Crippen LogP contribution in [-0.4, -0.2) is 106 Å². The lowest BCUT2D eigenvalue weighted by Gasteiger charge is -2.34. The van der Waals surface area contributed by atoms with Gasteiger partial charge in [-0.3, -0.25) is 43.8 Å². The lowest BCUT2D eigenvalue weighted by atomic mass is 10.0. The molecule has 1 aromatic heterocycles. The maximum Gasteiger partial charge on any atom is 0.264 e. The van der Waals surface area contributed by atoms with E-state index in [0.717, 1.165) is 49.5 Å². The minimum absolute atomic E-state index is 0.0742. The van der Waals surface area contributed by atoms with Crippen molar-refractivity contribution in [3.63, 3.8) is 0 Å². The van der Waals surface area contributed by atoms with Gasteiger partial charge in [0.15, 0.2) is 0 Å². The predicted octanol–water partition coefficient (Wildman–Crippen LogP) is -0.0349. The molecule has 1 aromatic carbocycles. The molecule has 3 N–H and O–H groups in total. The van der Waals surface area contributed by atoms with Crippen LogP contribution in [0.3, 0.4) is 0 Å². The van der Waals surface area contributed by atoms with E-state index in [1.54, 1.807) is 24.4 Å². The van der Waals surface area contributed by atoms with E-state index in [1.807, 2.05) is 15.8 Å². The van der Waals surface area contributed by atoms with Crippen LogP contribution in [0.2, 0.25) is 0 Å². The van der Waals surface area contributed by atoms with E-state index in [4.69, 9.17) is 0 Å². The summed E-state index contributed by atoms with van der Waals surface area (Å²) in [6, 6.07) is 4.20. The van der Waals surface area contributed by atoms with Crippen molar-refractivity contribution >= 4 is 35.2 Å². The molecule has 13 nitrogen and oxygen atoms in total. The number of imide groups is 2. The molecular weight excluding hydrogens is 528 g/mol.